The number of anilines is 1. The summed E-state index contributed by atoms with van der Waals surface area (Å²) in [4.78, 5) is 0.139. The molecule has 1 aliphatic carbocycles. The van der Waals surface area contributed by atoms with Gasteiger partial charge in [0.15, 0.2) is 11.5 Å². The van der Waals surface area contributed by atoms with Gasteiger partial charge in [0.2, 0.25) is 0 Å². The van der Waals surface area contributed by atoms with E-state index in [1.165, 1.54) is 19.2 Å². The molecule has 0 saturated heterocycles. The summed E-state index contributed by atoms with van der Waals surface area (Å²) in [6.07, 6.45) is 2.82. The van der Waals surface area contributed by atoms with Crippen LogP contribution in [0.3, 0.4) is 0 Å². The molecule has 8 heteroatoms. The number of methoxy groups -OCH3 is 1. The molecule has 2 aromatic carbocycles. The number of sulfonamides is 1. The topological polar surface area (TPSA) is 64.6 Å². The zero-order chi connectivity index (χ0) is 18.0. The van der Waals surface area contributed by atoms with Gasteiger partial charge in [0.05, 0.1) is 17.7 Å². The molecule has 0 amide bonds. The third-order valence-electron chi connectivity index (χ3n) is 4.01. The zero-order valence-electron chi connectivity index (χ0n) is 13.5. The van der Waals surface area contributed by atoms with Crippen molar-refractivity contribution in [3.8, 4) is 11.5 Å². The van der Waals surface area contributed by atoms with Crippen LogP contribution in [-0.4, -0.2) is 22.1 Å². The molecule has 5 nitrogen and oxygen atoms in total. The van der Waals surface area contributed by atoms with Crippen LogP contribution in [0.2, 0.25) is 0 Å². The van der Waals surface area contributed by atoms with Gasteiger partial charge >= 0.3 is 6.61 Å². The molecule has 0 bridgehead atoms. The van der Waals surface area contributed by atoms with E-state index >= 15 is 0 Å². The lowest BCUT2D eigenvalue weighted by molar-refractivity contribution is -0.0511. The summed E-state index contributed by atoms with van der Waals surface area (Å²) < 4.78 is 61.8. The van der Waals surface area contributed by atoms with Crippen LogP contribution < -0.4 is 14.2 Å². The van der Waals surface area contributed by atoms with Crippen molar-refractivity contribution in [1.82, 2.24) is 0 Å². The molecule has 25 heavy (non-hydrogen) atoms. The van der Waals surface area contributed by atoms with Crippen molar-refractivity contribution in [2.75, 3.05) is 11.8 Å². The summed E-state index contributed by atoms with van der Waals surface area (Å²) in [5.74, 6) is -0.160. The number of nitrogens with one attached hydrogen (secondary N) is 1. The average molecular weight is 369 g/mol. The van der Waals surface area contributed by atoms with Crippen molar-refractivity contribution >= 4 is 15.7 Å². The Hall–Kier alpha value is -2.35. The molecule has 0 atom stereocenters. The molecule has 0 fully saturated rings. The molecule has 134 valence electrons. The molecule has 1 N–H and O–H groups in total. The number of aryl methyl sites for hydroxylation is 2. The maximum atomic E-state index is 12.6. The number of alkyl halides is 2. The summed E-state index contributed by atoms with van der Waals surface area (Å²) in [5, 5.41) is 0. The van der Waals surface area contributed by atoms with Crippen LogP contribution >= 0.6 is 0 Å². The quantitative estimate of drug-likeness (QED) is 0.845. The van der Waals surface area contributed by atoms with Crippen molar-refractivity contribution < 1.29 is 26.7 Å². The fourth-order valence-electron chi connectivity index (χ4n) is 2.86. The Kier molecular flexibility index (Phi) is 4.80. The predicted molar refractivity (Wildman–Crippen MR) is 88.9 cm³/mol. The second kappa shape index (κ2) is 6.87. The molecule has 0 saturated carbocycles. The number of halogens is 2. The number of rotatable bonds is 6. The van der Waals surface area contributed by atoms with E-state index in [4.69, 9.17) is 4.74 Å². The number of fused-ring (bicyclic) bond motifs is 1. The highest BCUT2D eigenvalue weighted by Crippen LogP contribution is 2.32. The molecular weight excluding hydrogens is 352 g/mol. The Labute approximate surface area is 144 Å². The number of hydrogen-bond donors (Lipinski definition) is 1. The minimum absolute atomic E-state index is 0.0841. The third-order valence-corrected chi connectivity index (χ3v) is 5.39. The maximum absolute atomic E-state index is 12.6. The number of benzene rings is 2. The molecular formula is C17H17F2NO4S. The Morgan fingerprint density at radius 2 is 1.80 bits per heavy atom. The van der Waals surface area contributed by atoms with Crippen molar-refractivity contribution in [3.63, 3.8) is 0 Å². The van der Waals surface area contributed by atoms with Crippen LogP contribution in [0.25, 0.3) is 0 Å². The second-order valence-electron chi connectivity index (χ2n) is 5.63. The molecule has 0 spiro atoms. The lowest BCUT2D eigenvalue weighted by atomic mass is 10.1. The lowest BCUT2D eigenvalue weighted by Crippen LogP contribution is -2.13. The first-order chi connectivity index (χ1) is 11.9. The van der Waals surface area contributed by atoms with Crippen molar-refractivity contribution in [3.05, 3.63) is 47.5 Å². The highest BCUT2D eigenvalue weighted by molar-refractivity contribution is 7.92. The minimum atomic E-state index is -3.83. The van der Waals surface area contributed by atoms with Gasteiger partial charge in [0.25, 0.3) is 10.0 Å². The Morgan fingerprint density at radius 3 is 2.52 bits per heavy atom. The molecule has 0 aromatic heterocycles. The first kappa shape index (κ1) is 17.5. The van der Waals surface area contributed by atoms with Crippen LogP contribution in [0.1, 0.15) is 17.5 Å². The maximum Gasteiger partial charge on any atom is 0.387 e. The van der Waals surface area contributed by atoms with Crippen LogP contribution in [0.5, 0.6) is 11.5 Å². The van der Waals surface area contributed by atoms with Crippen molar-refractivity contribution in [2.24, 2.45) is 0 Å². The molecule has 0 radical (unpaired) electrons. The van der Waals surface area contributed by atoms with E-state index in [-0.39, 0.29) is 22.1 Å². The lowest BCUT2D eigenvalue weighted by Gasteiger charge is -2.13. The molecule has 3 rings (SSSR count). The normalized spacial score (nSPS) is 13.6. The van der Waals surface area contributed by atoms with Gasteiger partial charge in [-0.3, -0.25) is 4.72 Å². The van der Waals surface area contributed by atoms with Gasteiger partial charge in [-0.25, -0.2) is 8.42 Å². The van der Waals surface area contributed by atoms with E-state index in [0.717, 1.165) is 36.5 Å². The zero-order valence-corrected chi connectivity index (χ0v) is 14.3. The van der Waals surface area contributed by atoms with Crippen LogP contribution in [0.15, 0.2) is 41.3 Å². The van der Waals surface area contributed by atoms with Crippen LogP contribution in [0.4, 0.5) is 14.5 Å². The Bertz CT molecular complexity index is 884. The summed E-state index contributed by atoms with van der Waals surface area (Å²) in [5.41, 5.74) is 2.30. The van der Waals surface area contributed by atoms with Crippen LogP contribution in [0, 0.1) is 0 Å². The first-order valence-corrected chi connectivity index (χ1v) is 9.15. The van der Waals surface area contributed by atoms with Crippen molar-refractivity contribution in [1.29, 1.82) is 0 Å². The fourth-order valence-corrected chi connectivity index (χ4v) is 3.96. The van der Waals surface area contributed by atoms with Gasteiger partial charge in [-0.2, -0.15) is 8.78 Å². The van der Waals surface area contributed by atoms with E-state index in [1.54, 1.807) is 12.1 Å². The Balaban J connectivity index is 1.88. The highest BCUT2D eigenvalue weighted by Gasteiger charge is 2.20. The van der Waals surface area contributed by atoms with E-state index in [2.05, 4.69) is 9.46 Å². The van der Waals surface area contributed by atoms with Gasteiger partial charge in [-0.15, -0.1) is 0 Å². The first-order valence-electron chi connectivity index (χ1n) is 7.66. The van der Waals surface area contributed by atoms with Gasteiger partial charge in [-0.05, 0) is 54.7 Å². The van der Waals surface area contributed by atoms with Gasteiger partial charge in [0, 0.05) is 6.07 Å². The smallest absolute Gasteiger partial charge is 0.387 e. The second-order valence-corrected chi connectivity index (χ2v) is 7.32. The van der Waals surface area contributed by atoms with E-state index < -0.39 is 16.6 Å². The molecule has 2 aromatic rings. The van der Waals surface area contributed by atoms with Gasteiger partial charge < -0.3 is 9.47 Å². The van der Waals surface area contributed by atoms with Gasteiger partial charge in [0.1, 0.15) is 0 Å². The summed E-state index contributed by atoms with van der Waals surface area (Å²) in [6, 6.07) is 8.96. The number of hydrogen-bond acceptors (Lipinski definition) is 4. The monoisotopic (exact) mass is 369 g/mol. The standard InChI is InChI=1S/C17H17F2NO4S/c1-23-15-8-6-13(10-16(15)24-17(18)19)20-25(21,22)14-7-5-11-3-2-4-12(11)9-14/h5-10,17,20H,2-4H2,1H3. The fraction of sp³-hybridized carbons (Fsp3) is 0.294. The SMILES string of the molecule is COc1ccc(NS(=O)(=O)c2ccc3c(c2)CCC3)cc1OC(F)F. The highest BCUT2D eigenvalue weighted by atomic mass is 32.2. The van der Waals surface area contributed by atoms with E-state index in [1.807, 2.05) is 6.07 Å². The van der Waals surface area contributed by atoms with E-state index in [9.17, 15) is 17.2 Å². The minimum Gasteiger partial charge on any atom is -0.493 e. The van der Waals surface area contributed by atoms with Crippen LogP contribution in [-0.2, 0) is 22.9 Å². The van der Waals surface area contributed by atoms with Crippen molar-refractivity contribution in [2.45, 2.75) is 30.8 Å². The average Bonchev–Trinajstić information content (AvgIpc) is 3.02. The van der Waals surface area contributed by atoms with E-state index in [0.29, 0.717) is 0 Å². The summed E-state index contributed by atoms with van der Waals surface area (Å²) >= 11 is 0. The number of ether oxygens (including phenoxy) is 2. The van der Waals surface area contributed by atoms with Gasteiger partial charge in [-0.1, -0.05) is 6.07 Å². The Morgan fingerprint density at radius 1 is 1.04 bits per heavy atom. The molecule has 1 aliphatic rings. The molecule has 0 unspecified atom stereocenters. The predicted octanol–water partition coefficient (Wildman–Crippen LogP) is 3.59. The molecule has 0 heterocycles. The summed E-state index contributed by atoms with van der Waals surface area (Å²) in [7, 11) is -2.53. The molecule has 0 aliphatic heterocycles. The summed E-state index contributed by atoms with van der Waals surface area (Å²) in [6.45, 7) is -3.04. The third kappa shape index (κ3) is 3.84. The largest absolute Gasteiger partial charge is 0.493 e.